The lowest BCUT2D eigenvalue weighted by Crippen LogP contribution is -2.26. The minimum atomic E-state index is -0.581. The first-order valence-electron chi connectivity index (χ1n) is 5.65. The molecule has 1 heterocycles. The van der Waals surface area contributed by atoms with Gasteiger partial charge in [-0.2, -0.15) is 0 Å². The number of hydrogen-bond acceptors (Lipinski definition) is 6. The van der Waals surface area contributed by atoms with Gasteiger partial charge in [-0.3, -0.25) is 14.9 Å². The first kappa shape index (κ1) is 13.9. The average Bonchev–Trinajstić information content (AvgIpc) is 2.90. The van der Waals surface area contributed by atoms with E-state index in [9.17, 15) is 14.9 Å². The van der Waals surface area contributed by atoms with E-state index >= 15 is 0 Å². The molecule has 0 aliphatic carbocycles. The zero-order chi connectivity index (χ0) is 14.7. The smallest absolute Gasteiger partial charge is 0.292 e. The standard InChI is InChI=1S/C12H12N4O3S/c1-15(5-9-6-20-7-14-9)12(17)8-2-3-11(16(18)19)10(13)4-8/h2-4,6-7H,5,13H2,1H3. The van der Waals surface area contributed by atoms with Crippen molar-refractivity contribution in [2.75, 3.05) is 12.8 Å². The number of nitrogens with zero attached hydrogens (tertiary/aromatic N) is 3. The summed E-state index contributed by atoms with van der Waals surface area (Å²) in [4.78, 5) is 27.9. The van der Waals surface area contributed by atoms with Crippen LogP contribution >= 0.6 is 11.3 Å². The maximum absolute atomic E-state index is 12.2. The van der Waals surface area contributed by atoms with Crippen molar-refractivity contribution < 1.29 is 9.72 Å². The molecule has 1 aromatic heterocycles. The summed E-state index contributed by atoms with van der Waals surface area (Å²) in [5.41, 5.74) is 8.14. The predicted octanol–water partition coefficient (Wildman–Crippen LogP) is 1.91. The van der Waals surface area contributed by atoms with E-state index in [1.807, 2.05) is 5.38 Å². The van der Waals surface area contributed by atoms with Crippen LogP contribution in [0.3, 0.4) is 0 Å². The van der Waals surface area contributed by atoms with Crippen LogP contribution in [0.25, 0.3) is 0 Å². The summed E-state index contributed by atoms with van der Waals surface area (Å²) in [6.07, 6.45) is 0. The third kappa shape index (κ3) is 2.91. The molecule has 104 valence electrons. The van der Waals surface area contributed by atoms with Crippen LogP contribution in [0.4, 0.5) is 11.4 Å². The largest absolute Gasteiger partial charge is 0.393 e. The molecule has 0 unspecified atom stereocenters. The predicted molar refractivity (Wildman–Crippen MR) is 75.4 cm³/mol. The Morgan fingerprint density at radius 1 is 1.55 bits per heavy atom. The van der Waals surface area contributed by atoms with Gasteiger partial charge < -0.3 is 10.6 Å². The van der Waals surface area contributed by atoms with Gasteiger partial charge in [0, 0.05) is 24.1 Å². The van der Waals surface area contributed by atoms with Gasteiger partial charge in [0.05, 0.1) is 22.7 Å². The van der Waals surface area contributed by atoms with Gasteiger partial charge in [-0.05, 0) is 12.1 Å². The van der Waals surface area contributed by atoms with Gasteiger partial charge in [0.1, 0.15) is 5.69 Å². The molecule has 0 bridgehead atoms. The highest BCUT2D eigenvalue weighted by molar-refractivity contribution is 7.07. The van der Waals surface area contributed by atoms with E-state index in [0.717, 1.165) is 5.69 Å². The van der Waals surface area contributed by atoms with Gasteiger partial charge in [0.2, 0.25) is 0 Å². The third-order valence-corrected chi connectivity index (χ3v) is 3.34. The first-order chi connectivity index (χ1) is 9.49. The molecule has 1 aromatic carbocycles. The van der Waals surface area contributed by atoms with Gasteiger partial charge in [-0.25, -0.2) is 4.98 Å². The lowest BCUT2D eigenvalue weighted by molar-refractivity contribution is -0.383. The summed E-state index contributed by atoms with van der Waals surface area (Å²) in [7, 11) is 1.64. The zero-order valence-electron chi connectivity index (χ0n) is 10.6. The monoisotopic (exact) mass is 292 g/mol. The number of carbonyl (C=O) groups excluding carboxylic acids is 1. The number of nitrogens with two attached hydrogens (primary N) is 1. The van der Waals surface area contributed by atoms with Gasteiger partial charge in [0.25, 0.3) is 11.6 Å². The molecule has 7 nitrogen and oxygen atoms in total. The van der Waals surface area contributed by atoms with Crippen LogP contribution in [0.1, 0.15) is 16.1 Å². The quantitative estimate of drug-likeness (QED) is 0.526. The summed E-state index contributed by atoms with van der Waals surface area (Å²) in [6, 6.07) is 3.95. The van der Waals surface area contributed by atoms with Crippen LogP contribution in [0.5, 0.6) is 0 Å². The number of nitro groups is 1. The van der Waals surface area contributed by atoms with Crippen LogP contribution in [0.15, 0.2) is 29.1 Å². The van der Waals surface area contributed by atoms with Crippen molar-refractivity contribution in [2.45, 2.75) is 6.54 Å². The van der Waals surface area contributed by atoms with Crippen molar-refractivity contribution in [1.82, 2.24) is 9.88 Å². The lowest BCUT2D eigenvalue weighted by Gasteiger charge is -2.16. The van der Waals surface area contributed by atoms with Crippen LogP contribution in [0, 0.1) is 10.1 Å². The minimum absolute atomic E-state index is 0.0251. The molecule has 0 aliphatic rings. The van der Waals surface area contributed by atoms with Gasteiger partial charge in [-0.1, -0.05) is 0 Å². The van der Waals surface area contributed by atoms with Crippen molar-refractivity contribution >= 4 is 28.6 Å². The van der Waals surface area contributed by atoms with Crippen LogP contribution in [-0.2, 0) is 6.54 Å². The molecule has 0 saturated carbocycles. The van der Waals surface area contributed by atoms with E-state index in [2.05, 4.69) is 4.98 Å². The highest BCUT2D eigenvalue weighted by Gasteiger charge is 2.17. The second-order valence-electron chi connectivity index (χ2n) is 4.17. The topological polar surface area (TPSA) is 102 Å². The summed E-state index contributed by atoms with van der Waals surface area (Å²) >= 11 is 1.45. The molecule has 0 fully saturated rings. The number of benzene rings is 1. The number of nitro benzene ring substituents is 1. The Hall–Kier alpha value is -2.48. The number of carbonyl (C=O) groups is 1. The molecule has 0 atom stereocenters. The Labute approximate surface area is 118 Å². The van der Waals surface area contributed by atoms with Gasteiger partial charge >= 0.3 is 0 Å². The van der Waals surface area contributed by atoms with Crippen LogP contribution in [0.2, 0.25) is 0 Å². The lowest BCUT2D eigenvalue weighted by atomic mass is 10.1. The Morgan fingerprint density at radius 3 is 2.85 bits per heavy atom. The first-order valence-corrected chi connectivity index (χ1v) is 6.59. The number of hydrogen-bond donors (Lipinski definition) is 1. The maximum Gasteiger partial charge on any atom is 0.292 e. The molecule has 20 heavy (non-hydrogen) atoms. The zero-order valence-corrected chi connectivity index (χ0v) is 11.5. The molecule has 0 aliphatic heterocycles. The second kappa shape index (κ2) is 5.66. The van der Waals surface area contributed by atoms with Crippen LogP contribution < -0.4 is 5.73 Å². The fourth-order valence-corrected chi connectivity index (χ4v) is 2.25. The number of rotatable bonds is 4. The van der Waals surface area contributed by atoms with Crippen molar-refractivity contribution in [2.24, 2.45) is 0 Å². The molecule has 0 radical (unpaired) electrons. The second-order valence-corrected chi connectivity index (χ2v) is 4.89. The van der Waals surface area contributed by atoms with Gasteiger partial charge in [0.15, 0.2) is 0 Å². The molecule has 2 rings (SSSR count). The van der Waals surface area contributed by atoms with Crippen molar-refractivity contribution in [3.8, 4) is 0 Å². The number of thiazole rings is 1. The Morgan fingerprint density at radius 2 is 2.30 bits per heavy atom. The SMILES string of the molecule is CN(Cc1cscn1)C(=O)c1ccc([N+](=O)[O-])c(N)c1. The molecular formula is C12H12N4O3S. The van der Waals surface area contributed by atoms with E-state index in [4.69, 9.17) is 5.73 Å². The van der Waals surface area contributed by atoms with Crippen molar-refractivity contribution in [3.05, 3.63) is 50.5 Å². The summed E-state index contributed by atoms with van der Waals surface area (Å²) in [6.45, 7) is 0.374. The van der Waals surface area contributed by atoms with E-state index in [1.54, 1.807) is 12.6 Å². The van der Waals surface area contributed by atoms with Gasteiger partial charge in [-0.15, -0.1) is 11.3 Å². The highest BCUT2D eigenvalue weighted by atomic mass is 32.1. The molecule has 2 aromatic rings. The van der Waals surface area contributed by atoms with Crippen molar-refractivity contribution in [1.29, 1.82) is 0 Å². The fourth-order valence-electron chi connectivity index (χ4n) is 1.70. The van der Waals surface area contributed by atoms with E-state index in [0.29, 0.717) is 12.1 Å². The summed E-state index contributed by atoms with van der Waals surface area (Å²) < 4.78 is 0. The fraction of sp³-hybridized carbons (Fsp3) is 0.167. The molecule has 0 saturated heterocycles. The maximum atomic E-state index is 12.2. The van der Waals surface area contributed by atoms with E-state index in [-0.39, 0.29) is 17.3 Å². The summed E-state index contributed by atoms with van der Waals surface area (Å²) in [5, 5.41) is 12.5. The Bertz CT molecular complexity index is 642. The highest BCUT2D eigenvalue weighted by Crippen LogP contribution is 2.22. The van der Waals surface area contributed by atoms with E-state index in [1.165, 1.54) is 34.4 Å². The molecule has 2 N–H and O–H groups in total. The Kier molecular flexibility index (Phi) is 3.94. The van der Waals surface area contributed by atoms with E-state index < -0.39 is 4.92 Å². The number of aromatic nitrogens is 1. The van der Waals surface area contributed by atoms with Crippen LogP contribution in [-0.4, -0.2) is 27.8 Å². The molecular weight excluding hydrogens is 280 g/mol. The third-order valence-electron chi connectivity index (χ3n) is 2.70. The normalized spacial score (nSPS) is 10.2. The number of anilines is 1. The molecule has 8 heteroatoms. The Balaban J connectivity index is 2.16. The number of nitrogen functional groups attached to an aromatic ring is 1. The average molecular weight is 292 g/mol. The number of amides is 1. The molecule has 1 amide bonds. The minimum Gasteiger partial charge on any atom is -0.393 e. The molecule has 0 spiro atoms. The van der Waals surface area contributed by atoms with Crippen molar-refractivity contribution in [3.63, 3.8) is 0 Å². The summed E-state index contributed by atoms with van der Waals surface area (Å²) in [5.74, 6) is -0.264.